The maximum Gasteiger partial charge on any atom is 0.293 e. The number of hydrogen-bond donors (Lipinski definition) is 0. The van der Waals surface area contributed by atoms with Gasteiger partial charge in [0.1, 0.15) is 24.7 Å². The molecule has 1 saturated heterocycles. The fraction of sp³-hybridized carbons (Fsp3) is 0.154. The molecular weight excluding hydrogens is 493 g/mol. The lowest BCUT2D eigenvalue weighted by Gasteiger charge is -2.13. The summed E-state index contributed by atoms with van der Waals surface area (Å²) in [7, 11) is 0. The standard InChI is InChI=1S/C26H21Cl2NO4S/c1-17-3-2-4-22(13-17)32-12-11-29-25(30)24(34-26(29)31)14-18-5-9-21(10-6-18)33-16-19-7-8-20(27)15-23(19)28/h2-10,13-15H,11-12,16H2,1H3/b24-14-. The van der Waals surface area contributed by atoms with Gasteiger partial charge in [-0.25, -0.2) is 0 Å². The predicted molar refractivity (Wildman–Crippen MR) is 137 cm³/mol. The van der Waals surface area contributed by atoms with Crippen LogP contribution in [0, 0.1) is 6.92 Å². The number of halogens is 2. The number of imide groups is 1. The van der Waals surface area contributed by atoms with Crippen molar-refractivity contribution in [2.24, 2.45) is 0 Å². The molecule has 174 valence electrons. The Morgan fingerprint density at radius 3 is 2.47 bits per heavy atom. The van der Waals surface area contributed by atoms with E-state index in [-0.39, 0.29) is 24.3 Å². The van der Waals surface area contributed by atoms with Crippen LogP contribution in [0.5, 0.6) is 11.5 Å². The van der Waals surface area contributed by atoms with Gasteiger partial charge in [0.25, 0.3) is 11.1 Å². The molecule has 0 atom stereocenters. The molecule has 3 aromatic carbocycles. The summed E-state index contributed by atoms with van der Waals surface area (Å²) in [5.74, 6) is 1.05. The Hall–Kier alpha value is -2.93. The quantitative estimate of drug-likeness (QED) is 0.303. The van der Waals surface area contributed by atoms with Crippen molar-refractivity contribution in [2.75, 3.05) is 13.2 Å². The lowest BCUT2D eigenvalue weighted by Crippen LogP contribution is -2.32. The van der Waals surface area contributed by atoms with Crippen molar-refractivity contribution < 1.29 is 19.1 Å². The first kappa shape index (κ1) is 24.2. The molecule has 1 heterocycles. The zero-order valence-corrected chi connectivity index (χ0v) is 20.6. The van der Waals surface area contributed by atoms with Gasteiger partial charge in [-0.15, -0.1) is 0 Å². The van der Waals surface area contributed by atoms with Crippen LogP contribution in [-0.2, 0) is 11.4 Å². The molecule has 34 heavy (non-hydrogen) atoms. The van der Waals surface area contributed by atoms with Crippen molar-refractivity contribution in [3.63, 3.8) is 0 Å². The van der Waals surface area contributed by atoms with Gasteiger partial charge in [0.05, 0.1) is 11.4 Å². The number of thioether (sulfide) groups is 1. The summed E-state index contributed by atoms with van der Waals surface area (Å²) >= 11 is 13.0. The monoisotopic (exact) mass is 513 g/mol. The second-order valence-electron chi connectivity index (χ2n) is 7.59. The van der Waals surface area contributed by atoms with Gasteiger partial charge in [0.2, 0.25) is 0 Å². The highest BCUT2D eigenvalue weighted by Gasteiger charge is 2.34. The number of amides is 2. The molecule has 8 heteroatoms. The van der Waals surface area contributed by atoms with Crippen LogP contribution in [-0.4, -0.2) is 29.2 Å². The molecule has 0 unspecified atom stereocenters. The first-order valence-electron chi connectivity index (χ1n) is 10.5. The third-order valence-corrected chi connectivity index (χ3v) is 6.53. The molecule has 0 bridgehead atoms. The lowest BCUT2D eigenvalue weighted by molar-refractivity contribution is -0.123. The number of benzene rings is 3. The molecule has 0 aliphatic carbocycles. The Bertz CT molecular complexity index is 1240. The molecule has 0 aromatic heterocycles. The normalized spacial score (nSPS) is 14.7. The topological polar surface area (TPSA) is 55.8 Å². The summed E-state index contributed by atoms with van der Waals surface area (Å²) in [4.78, 5) is 26.6. The van der Waals surface area contributed by atoms with Crippen LogP contribution in [0.2, 0.25) is 10.0 Å². The van der Waals surface area contributed by atoms with Crippen LogP contribution in [0.3, 0.4) is 0 Å². The van der Waals surface area contributed by atoms with Crippen molar-refractivity contribution in [3.05, 3.63) is 98.4 Å². The molecule has 1 aliphatic heterocycles. The molecule has 0 saturated carbocycles. The predicted octanol–water partition coefficient (Wildman–Crippen LogP) is 7.00. The van der Waals surface area contributed by atoms with E-state index in [4.69, 9.17) is 32.7 Å². The second-order valence-corrected chi connectivity index (χ2v) is 9.43. The Morgan fingerprint density at radius 2 is 1.74 bits per heavy atom. The van der Waals surface area contributed by atoms with E-state index < -0.39 is 0 Å². The van der Waals surface area contributed by atoms with Gasteiger partial charge in [-0.3, -0.25) is 14.5 Å². The molecule has 2 amide bonds. The van der Waals surface area contributed by atoms with Crippen LogP contribution >= 0.6 is 35.0 Å². The van der Waals surface area contributed by atoms with E-state index in [2.05, 4.69) is 0 Å². The van der Waals surface area contributed by atoms with E-state index in [0.717, 1.165) is 28.5 Å². The van der Waals surface area contributed by atoms with Gasteiger partial charge in [-0.2, -0.15) is 0 Å². The number of ether oxygens (including phenoxy) is 2. The van der Waals surface area contributed by atoms with Crippen molar-refractivity contribution >= 4 is 52.2 Å². The highest BCUT2D eigenvalue weighted by atomic mass is 35.5. The van der Waals surface area contributed by atoms with E-state index >= 15 is 0 Å². The van der Waals surface area contributed by atoms with Crippen molar-refractivity contribution in [1.29, 1.82) is 0 Å². The van der Waals surface area contributed by atoms with Crippen LogP contribution in [0.25, 0.3) is 6.08 Å². The van der Waals surface area contributed by atoms with Crippen LogP contribution in [0.1, 0.15) is 16.7 Å². The molecule has 0 N–H and O–H groups in total. The molecule has 3 aromatic rings. The van der Waals surface area contributed by atoms with Crippen LogP contribution < -0.4 is 9.47 Å². The van der Waals surface area contributed by atoms with E-state index in [9.17, 15) is 9.59 Å². The summed E-state index contributed by atoms with van der Waals surface area (Å²) in [5.41, 5.74) is 2.70. The van der Waals surface area contributed by atoms with Crippen LogP contribution in [0.4, 0.5) is 4.79 Å². The van der Waals surface area contributed by atoms with Crippen LogP contribution in [0.15, 0.2) is 71.6 Å². The van der Waals surface area contributed by atoms with Crippen molar-refractivity contribution in [2.45, 2.75) is 13.5 Å². The molecule has 5 nitrogen and oxygen atoms in total. The van der Waals surface area contributed by atoms with E-state index in [1.54, 1.807) is 30.3 Å². The molecule has 4 rings (SSSR count). The van der Waals surface area contributed by atoms with Crippen molar-refractivity contribution in [3.8, 4) is 11.5 Å². The maximum absolute atomic E-state index is 12.7. The van der Waals surface area contributed by atoms with E-state index in [0.29, 0.717) is 33.1 Å². The van der Waals surface area contributed by atoms with Crippen molar-refractivity contribution in [1.82, 2.24) is 4.90 Å². The van der Waals surface area contributed by atoms with Gasteiger partial charge in [-0.05, 0) is 72.3 Å². The Kier molecular flexibility index (Phi) is 7.83. The fourth-order valence-electron chi connectivity index (χ4n) is 3.26. The average molecular weight is 514 g/mol. The Labute approximate surface area is 212 Å². The summed E-state index contributed by atoms with van der Waals surface area (Å²) in [6, 6.07) is 20.1. The fourth-order valence-corrected chi connectivity index (χ4v) is 4.59. The summed E-state index contributed by atoms with van der Waals surface area (Å²) in [6.45, 7) is 2.70. The number of hydrogen-bond acceptors (Lipinski definition) is 5. The summed E-state index contributed by atoms with van der Waals surface area (Å²) in [5, 5.41) is 0.814. The lowest BCUT2D eigenvalue weighted by atomic mass is 10.2. The molecule has 0 spiro atoms. The zero-order chi connectivity index (χ0) is 24.1. The number of aryl methyl sites for hydroxylation is 1. The number of rotatable bonds is 8. The van der Waals surface area contributed by atoms with Gasteiger partial charge in [0, 0.05) is 15.6 Å². The largest absolute Gasteiger partial charge is 0.492 e. The minimum absolute atomic E-state index is 0.190. The van der Waals surface area contributed by atoms with E-state index in [1.807, 2.05) is 49.4 Å². The average Bonchev–Trinajstić information content (AvgIpc) is 3.07. The Balaban J connectivity index is 1.33. The molecule has 0 radical (unpaired) electrons. The minimum Gasteiger partial charge on any atom is -0.492 e. The first-order chi connectivity index (χ1) is 16.4. The van der Waals surface area contributed by atoms with Gasteiger partial charge >= 0.3 is 0 Å². The SMILES string of the molecule is Cc1cccc(OCCN2C(=O)S/C(=C\c3ccc(OCc4ccc(Cl)cc4Cl)cc3)C2=O)c1. The summed E-state index contributed by atoms with van der Waals surface area (Å²) < 4.78 is 11.5. The highest BCUT2D eigenvalue weighted by molar-refractivity contribution is 8.18. The van der Waals surface area contributed by atoms with Gasteiger partial charge in [0.15, 0.2) is 0 Å². The third-order valence-electron chi connectivity index (χ3n) is 5.03. The molecular formula is C26H21Cl2NO4S. The highest BCUT2D eigenvalue weighted by Crippen LogP contribution is 2.32. The van der Waals surface area contributed by atoms with Gasteiger partial charge in [-0.1, -0.05) is 53.5 Å². The molecule has 1 aliphatic rings. The van der Waals surface area contributed by atoms with E-state index in [1.165, 1.54) is 4.90 Å². The minimum atomic E-state index is -0.319. The summed E-state index contributed by atoms with van der Waals surface area (Å²) in [6.07, 6.45) is 1.70. The molecule has 1 fully saturated rings. The zero-order valence-electron chi connectivity index (χ0n) is 18.3. The van der Waals surface area contributed by atoms with Gasteiger partial charge < -0.3 is 9.47 Å². The number of carbonyl (C=O) groups excluding carboxylic acids is 2. The second kappa shape index (κ2) is 11.0. The smallest absolute Gasteiger partial charge is 0.293 e. The Morgan fingerprint density at radius 1 is 0.941 bits per heavy atom. The number of carbonyl (C=O) groups is 2. The number of nitrogens with zero attached hydrogens (tertiary/aromatic N) is 1. The first-order valence-corrected chi connectivity index (χ1v) is 12.1. The third kappa shape index (κ3) is 6.14. The maximum atomic E-state index is 12.7.